The predicted molar refractivity (Wildman–Crippen MR) is 196 cm³/mol. The summed E-state index contributed by atoms with van der Waals surface area (Å²) in [5.74, 6) is -0.616. The first-order valence-corrected chi connectivity index (χ1v) is 16.4. The van der Waals surface area contributed by atoms with Crippen LogP contribution in [0.4, 0.5) is 5.69 Å². The molecule has 7 N–H and O–H groups in total. The standard InChI is InChI=1S/C40H40N4O6/c1-2-21-49-35-18-16-26-9-3-5-14-32(26)37(35)38-33-15-6-4-10-27(33)17-19-36(38)50-25-31(46)23-29(12-8-20-43-40(41)42)39(48)44-30-13-7-11-28(22-30)34(47)24-45/h2-7,9-11,13-19,22,29,45H,1,8,12,20-21,23-25H2,(H,44,48)(H4,41,42,43)/p+1/t29-/m0/s1. The second-order valence-corrected chi connectivity index (χ2v) is 11.8. The van der Waals surface area contributed by atoms with Crippen molar-refractivity contribution in [3.05, 3.63) is 115 Å². The molecule has 0 unspecified atom stereocenters. The summed E-state index contributed by atoms with van der Waals surface area (Å²) in [5, 5.41) is 16.0. The summed E-state index contributed by atoms with van der Waals surface area (Å²) in [5.41, 5.74) is 13.3. The van der Waals surface area contributed by atoms with E-state index in [9.17, 15) is 19.5 Å². The van der Waals surface area contributed by atoms with Gasteiger partial charge in [-0.2, -0.15) is 0 Å². The number of guanidine groups is 1. The van der Waals surface area contributed by atoms with Gasteiger partial charge < -0.3 is 19.9 Å². The molecule has 50 heavy (non-hydrogen) atoms. The lowest BCUT2D eigenvalue weighted by atomic mass is 9.92. The molecule has 256 valence electrons. The van der Waals surface area contributed by atoms with E-state index in [1.54, 1.807) is 24.3 Å². The number of aliphatic hydroxyl groups is 1. The molecule has 0 bridgehead atoms. The van der Waals surface area contributed by atoms with Crippen molar-refractivity contribution in [2.24, 2.45) is 17.4 Å². The van der Waals surface area contributed by atoms with E-state index in [0.29, 0.717) is 43.2 Å². The smallest absolute Gasteiger partial charge is 0.338 e. The fourth-order valence-corrected chi connectivity index (χ4v) is 5.91. The second kappa shape index (κ2) is 16.9. The average molecular weight is 674 g/mol. The minimum absolute atomic E-state index is 0.0660. The van der Waals surface area contributed by atoms with Crippen molar-refractivity contribution in [3.8, 4) is 22.6 Å². The third-order valence-corrected chi connectivity index (χ3v) is 8.28. The highest BCUT2D eigenvalue weighted by molar-refractivity contribution is 6.10. The zero-order valence-electron chi connectivity index (χ0n) is 27.7. The molecule has 0 saturated carbocycles. The summed E-state index contributed by atoms with van der Waals surface area (Å²) in [6, 6.07) is 30.0. The van der Waals surface area contributed by atoms with Gasteiger partial charge in [-0.1, -0.05) is 85.5 Å². The topological polar surface area (TPSA) is 168 Å². The number of hydrogen-bond acceptors (Lipinski definition) is 6. The molecule has 1 amide bonds. The Hall–Kier alpha value is -6.00. The van der Waals surface area contributed by atoms with E-state index in [1.165, 1.54) is 6.07 Å². The van der Waals surface area contributed by atoms with Gasteiger partial charge in [-0.3, -0.25) is 30.8 Å². The van der Waals surface area contributed by atoms with Crippen molar-refractivity contribution in [3.63, 3.8) is 0 Å². The molecule has 5 aromatic carbocycles. The number of nitrogens with one attached hydrogen (secondary N) is 2. The van der Waals surface area contributed by atoms with Crippen molar-refractivity contribution in [2.75, 3.05) is 31.7 Å². The lowest BCUT2D eigenvalue weighted by Crippen LogP contribution is -2.78. The van der Waals surface area contributed by atoms with Gasteiger partial charge in [0, 0.05) is 34.7 Å². The minimum Gasteiger partial charge on any atom is -0.489 e. The second-order valence-electron chi connectivity index (χ2n) is 11.8. The van der Waals surface area contributed by atoms with Gasteiger partial charge in [0.2, 0.25) is 5.91 Å². The Labute approximate surface area is 290 Å². The van der Waals surface area contributed by atoms with Crippen LogP contribution in [0.5, 0.6) is 11.5 Å². The van der Waals surface area contributed by atoms with Gasteiger partial charge in [0.1, 0.15) is 31.3 Å². The van der Waals surface area contributed by atoms with Gasteiger partial charge in [-0.25, -0.2) is 0 Å². The first-order chi connectivity index (χ1) is 24.3. The number of ether oxygens (including phenoxy) is 2. The fourth-order valence-electron chi connectivity index (χ4n) is 5.91. The van der Waals surface area contributed by atoms with E-state index in [-0.39, 0.29) is 36.2 Å². The van der Waals surface area contributed by atoms with Gasteiger partial charge in [-0.15, -0.1) is 0 Å². The maximum absolute atomic E-state index is 13.6. The molecule has 5 aromatic rings. The number of ketones is 2. The Morgan fingerprint density at radius 3 is 2.10 bits per heavy atom. The predicted octanol–water partition coefficient (Wildman–Crippen LogP) is 4.13. The number of rotatable bonds is 17. The van der Waals surface area contributed by atoms with Crippen molar-refractivity contribution in [2.45, 2.75) is 19.3 Å². The number of Topliss-reactive ketones (excluding diaryl/α,β-unsaturated/α-hetero) is 2. The van der Waals surface area contributed by atoms with Crippen LogP contribution >= 0.6 is 0 Å². The number of amides is 1. The van der Waals surface area contributed by atoms with Crippen LogP contribution in [0, 0.1) is 5.92 Å². The van der Waals surface area contributed by atoms with Crippen LogP contribution in [0.3, 0.4) is 0 Å². The summed E-state index contributed by atoms with van der Waals surface area (Å²) >= 11 is 0. The van der Waals surface area contributed by atoms with Crippen molar-refractivity contribution in [1.29, 1.82) is 0 Å². The zero-order valence-corrected chi connectivity index (χ0v) is 27.7. The Kier molecular flexibility index (Phi) is 11.9. The highest BCUT2D eigenvalue weighted by atomic mass is 16.5. The number of fused-ring (bicyclic) bond motifs is 2. The van der Waals surface area contributed by atoms with Crippen LogP contribution in [0.2, 0.25) is 0 Å². The van der Waals surface area contributed by atoms with E-state index < -0.39 is 18.3 Å². The molecule has 0 aliphatic carbocycles. The van der Waals surface area contributed by atoms with Crippen molar-refractivity contribution >= 4 is 50.7 Å². The molecule has 0 aromatic heterocycles. The van der Waals surface area contributed by atoms with E-state index in [1.807, 2.05) is 72.8 Å². The molecular formula is C40H41N4O6+. The summed E-state index contributed by atoms with van der Waals surface area (Å²) < 4.78 is 12.5. The molecule has 10 nitrogen and oxygen atoms in total. The fraction of sp³-hybridized carbons (Fsp3) is 0.200. The maximum Gasteiger partial charge on any atom is 0.338 e. The number of benzene rings is 5. The first kappa shape index (κ1) is 35.3. The van der Waals surface area contributed by atoms with E-state index >= 15 is 0 Å². The van der Waals surface area contributed by atoms with Gasteiger partial charge in [0.25, 0.3) is 0 Å². The zero-order chi connectivity index (χ0) is 35.5. The van der Waals surface area contributed by atoms with Crippen LogP contribution in [-0.2, 0) is 9.59 Å². The Balaban J connectivity index is 1.42. The SMILES string of the molecule is C=CCOc1ccc2ccccc2c1-c1c(OCC(=O)C[C@H](CCC[NH+]=C(N)N)C(=O)Nc2cccc(C(=O)CO)c2)ccc2ccccc12. The lowest BCUT2D eigenvalue weighted by molar-refractivity contribution is -0.459. The third kappa shape index (κ3) is 8.72. The van der Waals surface area contributed by atoms with E-state index in [2.05, 4.69) is 16.9 Å². The Morgan fingerprint density at radius 1 is 0.840 bits per heavy atom. The summed E-state index contributed by atoms with van der Waals surface area (Å²) in [6.45, 7) is 3.61. The van der Waals surface area contributed by atoms with Gasteiger partial charge in [0.05, 0.1) is 6.54 Å². The molecular weight excluding hydrogens is 632 g/mol. The largest absolute Gasteiger partial charge is 0.489 e. The third-order valence-electron chi connectivity index (χ3n) is 8.28. The van der Waals surface area contributed by atoms with Crippen molar-refractivity contribution in [1.82, 2.24) is 0 Å². The summed E-state index contributed by atoms with van der Waals surface area (Å²) in [6.07, 6.45) is 2.47. The molecule has 0 radical (unpaired) electrons. The Morgan fingerprint density at radius 2 is 1.48 bits per heavy atom. The number of carbonyl (C=O) groups excluding carboxylic acids is 3. The minimum atomic E-state index is -0.711. The quantitative estimate of drug-likeness (QED) is 0.0323. The van der Waals surface area contributed by atoms with E-state index in [0.717, 1.165) is 32.7 Å². The molecule has 0 aliphatic rings. The summed E-state index contributed by atoms with van der Waals surface area (Å²) in [4.78, 5) is 41.9. The molecule has 5 rings (SSSR count). The number of anilines is 1. The highest BCUT2D eigenvalue weighted by Gasteiger charge is 2.24. The van der Waals surface area contributed by atoms with Crippen LogP contribution in [0.1, 0.15) is 29.6 Å². The molecule has 0 heterocycles. The van der Waals surface area contributed by atoms with Crippen LogP contribution in [0.15, 0.2) is 110 Å². The van der Waals surface area contributed by atoms with Gasteiger partial charge in [-0.05, 0) is 58.7 Å². The number of carbonyl (C=O) groups is 3. The number of aliphatic hydroxyl groups excluding tert-OH is 1. The van der Waals surface area contributed by atoms with Gasteiger partial charge >= 0.3 is 5.96 Å². The number of nitrogens with two attached hydrogens (primary N) is 2. The highest BCUT2D eigenvalue weighted by Crippen LogP contribution is 2.45. The van der Waals surface area contributed by atoms with Crippen LogP contribution in [-0.4, -0.2) is 54.9 Å². The number of hydrogen-bond donors (Lipinski definition) is 5. The molecule has 0 saturated heterocycles. The van der Waals surface area contributed by atoms with E-state index in [4.69, 9.17) is 20.9 Å². The Bertz CT molecular complexity index is 2050. The molecule has 0 fully saturated rings. The molecule has 1 atom stereocenters. The first-order valence-electron chi connectivity index (χ1n) is 16.4. The normalized spacial score (nSPS) is 11.5. The van der Waals surface area contributed by atoms with Crippen LogP contribution < -0.4 is 31.3 Å². The molecule has 0 spiro atoms. The van der Waals surface area contributed by atoms with Crippen LogP contribution in [0.25, 0.3) is 32.7 Å². The van der Waals surface area contributed by atoms with Crippen molar-refractivity contribution < 1.29 is 34.0 Å². The lowest BCUT2D eigenvalue weighted by Gasteiger charge is -2.20. The van der Waals surface area contributed by atoms with Gasteiger partial charge in [0.15, 0.2) is 11.6 Å². The summed E-state index contributed by atoms with van der Waals surface area (Å²) in [7, 11) is 0. The maximum atomic E-state index is 13.6. The monoisotopic (exact) mass is 673 g/mol. The molecule has 0 aliphatic heterocycles. The molecule has 10 heteroatoms. The average Bonchev–Trinajstić information content (AvgIpc) is 3.13.